The Morgan fingerprint density at radius 2 is 1.65 bits per heavy atom. The van der Waals surface area contributed by atoms with Gasteiger partial charge in [0.15, 0.2) is 11.5 Å². The number of likely N-dealkylation sites (tertiary alicyclic amines) is 2. The van der Waals surface area contributed by atoms with Gasteiger partial charge in [0.1, 0.15) is 6.04 Å². The normalized spacial score (nSPS) is 18.3. The average Bonchev–Trinajstić information content (AvgIpc) is 3.40. The van der Waals surface area contributed by atoms with Crippen molar-refractivity contribution in [3.63, 3.8) is 0 Å². The van der Waals surface area contributed by atoms with Crippen LogP contribution in [-0.2, 0) is 4.79 Å². The van der Waals surface area contributed by atoms with Gasteiger partial charge in [0.2, 0.25) is 12.7 Å². The van der Waals surface area contributed by atoms with E-state index in [0.717, 1.165) is 19.3 Å². The van der Waals surface area contributed by atoms with Crippen molar-refractivity contribution in [1.82, 2.24) is 15.1 Å². The number of nitrogens with one attached hydrogen (secondary N) is 2. The Hall–Kier alpha value is -3.46. The summed E-state index contributed by atoms with van der Waals surface area (Å²) in [6, 6.07) is 11.2. The zero-order chi connectivity index (χ0) is 25.8. The fraction of sp³-hybridized carbons (Fsp3) is 0.444. The fourth-order valence-corrected chi connectivity index (χ4v) is 5.35. The number of piperidine rings is 2. The molecular formula is C27H31ClN4O5. The predicted molar refractivity (Wildman–Crippen MR) is 139 cm³/mol. The monoisotopic (exact) mass is 526 g/mol. The first-order valence-electron chi connectivity index (χ1n) is 12.8. The number of benzene rings is 2. The maximum Gasteiger partial charge on any atom is 0.321 e. The highest BCUT2D eigenvalue weighted by Crippen LogP contribution is 2.33. The molecule has 2 aromatic rings. The van der Waals surface area contributed by atoms with Crippen LogP contribution < -0.4 is 20.1 Å². The van der Waals surface area contributed by atoms with Crippen LogP contribution in [0.5, 0.6) is 11.5 Å². The second-order valence-electron chi connectivity index (χ2n) is 9.67. The lowest BCUT2D eigenvalue weighted by atomic mass is 9.88. The Bertz CT molecular complexity index is 1160. The summed E-state index contributed by atoms with van der Waals surface area (Å²) in [6.07, 6.45) is 4.26. The van der Waals surface area contributed by atoms with Gasteiger partial charge in [0.05, 0.1) is 0 Å². The standard InChI is InChI=1S/C27H31ClN4O5/c28-20-5-4-6-21(16-20)29-27(35)32-13-9-18(10-14-32)24(26(34)31-11-2-1-3-12-31)30-25(33)19-7-8-22-23(15-19)37-17-36-22/h4-8,15-16,18,24H,1-3,9-14,17H2,(H,29,35)(H,30,33). The largest absolute Gasteiger partial charge is 0.454 e. The minimum absolute atomic E-state index is 0.0457. The van der Waals surface area contributed by atoms with Gasteiger partial charge < -0.3 is 29.9 Å². The van der Waals surface area contributed by atoms with E-state index in [1.165, 1.54) is 0 Å². The minimum atomic E-state index is -0.658. The number of carbonyl (C=O) groups excluding carboxylic acids is 3. The van der Waals surface area contributed by atoms with Gasteiger partial charge in [-0.1, -0.05) is 17.7 Å². The van der Waals surface area contributed by atoms with Gasteiger partial charge in [0.25, 0.3) is 5.91 Å². The molecule has 0 saturated carbocycles. The molecule has 2 saturated heterocycles. The molecule has 0 aliphatic carbocycles. The van der Waals surface area contributed by atoms with Crippen molar-refractivity contribution in [2.45, 2.75) is 38.1 Å². The molecular weight excluding hydrogens is 496 g/mol. The summed E-state index contributed by atoms with van der Waals surface area (Å²) in [5.74, 6) is 0.666. The number of urea groups is 1. The number of nitrogens with zero attached hydrogens (tertiary/aromatic N) is 2. The first-order valence-corrected chi connectivity index (χ1v) is 13.2. The Kier molecular flexibility index (Phi) is 7.69. The van der Waals surface area contributed by atoms with E-state index in [1.807, 2.05) is 4.90 Å². The summed E-state index contributed by atoms with van der Waals surface area (Å²) >= 11 is 6.03. The molecule has 0 aromatic heterocycles. The molecule has 1 unspecified atom stereocenters. The van der Waals surface area contributed by atoms with Crippen molar-refractivity contribution in [3.05, 3.63) is 53.1 Å². The highest BCUT2D eigenvalue weighted by Gasteiger charge is 2.36. The molecule has 3 aliphatic heterocycles. The third-order valence-corrected chi connectivity index (χ3v) is 7.46. The molecule has 196 valence electrons. The van der Waals surface area contributed by atoms with Crippen molar-refractivity contribution in [1.29, 1.82) is 0 Å². The number of fused-ring (bicyclic) bond motifs is 1. The second kappa shape index (κ2) is 11.3. The van der Waals surface area contributed by atoms with Crippen molar-refractivity contribution < 1.29 is 23.9 Å². The highest BCUT2D eigenvalue weighted by atomic mass is 35.5. The Morgan fingerprint density at radius 1 is 0.892 bits per heavy atom. The molecule has 9 nitrogen and oxygen atoms in total. The lowest BCUT2D eigenvalue weighted by molar-refractivity contribution is -0.136. The van der Waals surface area contributed by atoms with Gasteiger partial charge in [0, 0.05) is 42.5 Å². The Balaban J connectivity index is 1.26. The van der Waals surface area contributed by atoms with Crippen molar-refractivity contribution >= 4 is 35.1 Å². The summed E-state index contributed by atoms with van der Waals surface area (Å²) in [4.78, 5) is 43.2. The molecule has 0 radical (unpaired) electrons. The van der Waals surface area contributed by atoms with Gasteiger partial charge in [-0.15, -0.1) is 0 Å². The number of amides is 4. The maximum absolute atomic E-state index is 13.6. The molecule has 1 atom stereocenters. The molecule has 3 aliphatic rings. The zero-order valence-electron chi connectivity index (χ0n) is 20.6. The van der Waals surface area contributed by atoms with E-state index in [9.17, 15) is 14.4 Å². The SMILES string of the molecule is O=C(NC(C(=O)N1CCCCC1)C1CCN(C(=O)Nc2cccc(Cl)c2)CC1)c1ccc2c(c1)OCO2. The Morgan fingerprint density at radius 3 is 2.41 bits per heavy atom. The van der Waals surface area contributed by atoms with Crippen LogP contribution in [0.15, 0.2) is 42.5 Å². The number of hydrogen-bond donors (Lipinski definition) is 2. The predicted octanol–water partition coefficient (Wildman–Crippen LogP) is 4.12. The third-order valence-electron chi connectivity index (χ3n) is 7.23. The van der Waals surface area contributed by atoms with Crippen LogP contribution in [0, 0.1) is 5.92 Å². The van der Waals surface area contributed by atoms with Gasteiger partial charge in [-0.2, -0.15) is 0 Å². The number of ether oxygens (including phenoxy) is 2. The number of hydrogen-bond acceptors (Lipinski definition) is 5. The van der Waals surface area contributed by atoms with Crippen LogP contribution in [-0.4, -0.2) is 66.7 Å². The lowest BCUT2D eigenvalue weighted by Crippen LogP contribution is -2.55. The molecule has 5 rings (SSSR count). The molecule has 2 fully saturated rings. The first kappa shape index (κ1) is 25.2. The molecule has 3 heterocycles. The summed E-state index contributed by atoms with van der Waals surface area (Å²) in [5, 5.41) is 6.45. The third kappa shape index (κ3) is 5.93. The van der Waals surface area contributed by atoms with E-state index in [4.69, 9.17) is 21.1 Å². The molecule has 0 bridgehead atoms. The van der Waals surface area contributed by atoms with Gasteiger partial charge >= 0.3 is 6.03 Å². The summed E-state index contributed by atoms with van der Waals surface area (Å²) < 4.78 is 10.7. The van der Waals surface area contributed by atoms with Crippen LogP contribution >= 0.6 is 11.6 Å². The molecule has 10 heteroatoms. The van der Waals surface area contributed by atoms with E-state index in [-0.39, 0.29) is 30.6 Å². The maximum atomic E-state index is 13.6. The van der Waals surface area contributed by atoms with Crippen molar-refractivity contribution in [2.24, 2.45) is 5.92 Å². The van der Waals surface area contributed by atoms with Crippen LogP contribution in [0.4, 0.5) is 10.5 Å². The summed E-state index contributed by atoms with van der Waals surface area (Å²) in [5.41, 5.74) is 1.05. The highest BCUT2D eigenvalue weighted by molar-refractivity contribution is 6.30. The quantitative estimate of drug-likeness (QED) is 0.610. The zero-order valence-corrected chi connectivity index (χ0v) is 21.3. The number of anilines is 1. The molecule has 37 heavy (non-hydrogen) atoms. The van der Waals surface area contributed by atoms with E-state index in [2.05, 4.69) is 10.6 Å². The van der Waals surface area contributed by atoms with E-state index in [0.29, 0.717) is 66.8 Å². The summed E-state index contributed by atoms with van der Waals surface area (Å²) in [7, 11) is 0. The Labute approximate surface area is 221 Å². The number of carbonyl (C=O) groups is 3. The topological polar surface area (TPSA) is 100 Å². The van der Waals surface area contributed by atoms with Crippen LogP contribution in [0.25, 0.3) is 0 Å². The van der Waals surface area contributed by atoms with Crippen LogP contribution in [0.3, 0.4) is 0 Å². The average molecular weight is 527 g/mol. The minimum Gasteiger partial charge on any atom is -0.454 e. The molecule has 0 spiro atoms. The molecule has 2 aromatic carbocycles. The van der Waals surface area contributed by atoms with Gasteiger partial charge in [-0.25, -0.2) is 4.79 Å². The fourth-order valence-electron chi connectivity index (χ4n) is 5.16. The molecule has 2 N–H and O–H groups in total. The van der Waals surface area contributed by atoms with Crippen LogP contribution in [0.2, 0.25) is 5.02 Å². The smallest absolute Gasteiger partial charge is 0.321 e. The first-order chi connectivity index (χ1) is 18.0. The number of rotatable bonds is 5. The van der Waals surface area contributed by atoms with Gasteiger partial charge in [-0.05, 0) is 74.4 Å². The van der Waals surface area contributed by atoms with E-state index < -0.39 is 6.04 Å². The van der Waals surface area contributed by atoms with Gasteiger partial charge in [-0.3, -0.25) is 9.59 Å². The van der Waals surface area contributed by atoms with Crippen molar-refractivity contribution in [2.75, 3.05) is 38.3 Å². The number of halogens is 1. The van der Waals surface area contributed by atoms with Crippen molar-refractivity contribution in [3.8, 4) is 11.5 Å². The summed E-state index contributed by atoms with van der Waals surface area (Å²) in [6.45, 7) is 2.51. The molecule has 4 amide bonds. The lowest BCUT2D eigenvalue weighted by Gasteiger charge is -2.38. The van der Waals surface area contributed by atoms with E-state index in [1.54, 1.807) is 47.4 Å². The second-order valence-corrected chi connectivity index (χ2v) is 10.1. The van der Waals surface area contributed by atoms with E-state index >= 15 is 0 Å². The van der Waals surface area contributed by atoms with Crippen LogP contribution in [0.1, 0.15) is 42.5 Å².